The van der Waals surface area contributed by atoms with E-state index in [-0.39, 0.29) is 5.69 Å². The number of aromatic nitrogens is 2. The number of para-hydroxylation sites is 1. The van der Waals surface area contributed by atoms with Crippen LogP contribution in [-0.2, 0) is 7.05 Å². The smallest absolute Gasteiger partial charge is 0.202 e. The summed E-state index contributed by atoms with van der Waals surface area (Å²) in [5, 5.41) is 3.92. The predicted octanol–water partition coefficient (Wildman–Crippen LogP) is 2.90. The van der Waals surface area contributed by atoms with Crippen LogP contribution in [0.1, 0.15) is 0 Å². The molecule has 4 heteroatoms. The minimum Gasteiger partial charge on any atom is -0.693 e. The number of benzene rings is 1. The molecule has 0 unspecified atom stereocenters. The first kappa shape index (κ1) is 8.62. The van der Waals surface area contributed by atoms with Crippen LogP contribution in [0, 0.1) is 0 Å². The molecule has 72 valence electrons. The van der Waals surface area contributed by atoms with Gasteiger partial charge in [-0.1, -0.05) is 23.9 Å². The summed E-state index contributed by atoms with van der Waals surface area (Å²) in [5.41, 5.74) is 7.82. The van der Waals surface area contributed by atoms with Crippen molar-refractivity contribution in [2.24, 2.45) is 7.05 Å². The van der Waals surface area contributed by atoms with Gasteiger partial charge in [0.15, 0.2) is 0 Å². The molecule has 1 aromatic heterocycles. The van der Waals surface area contributed by atoms with E-state index in [0.717, 1.165) is 0 Å². The number of nitrogens with zero attached hydrogens (tertiary/aromatic N) is 2. The molecule has 14 heavy (non-hydrogen) atoms. The Morgan fingerprint density at radius 3 is 2.57 bits per heavy atom. The Kier molecular flexibility index (Phi) is 2.10. The predicted molar refractivity (Wildman–Crippen MR) is 53.7 cm³/mol. The second-order valence-electron chi connectivity index (χ2n) is 2.90. The average molecular weight is 188 g/mol. The summed E-state index contributed by atoms with van der Waals surface area (Å²) in [6.07, 6.45) is 1.46. The quantitative estimate of drug-likeness (QED) is 0.727. The zero-order valence-electron chi connectivity index (χ0n) is 7.77. The van der Waals surface area contributed by atoms with Gasteiger partial charge in [-0.2, -0.15) is 5.10 Å². The molecule has 0 fully saturated rings. The van der Waals surface area contributed by atoms with E-state index in [4.69, 9.17) is 10.5 Å². The fourth-order valence-electron chi connectivity index (χ4n) is 1.15. The Balaban J connectivity index is 2.27. The third kappa shape index (κ3) is 1.54. The van der Waals surface area contributed by atoms with Gasteiger partial charge in [0.25, 0.3) is 0 Å². The maximum Gasteiger partial charge on any atom is 0.202 e. The topological polar surface area (TPSA) is 50.9 Å². The summed E-state index contributed by atoms with van der Waals surface area (Å²) in [7, 11) is 1.75. The molecule has 0 aliphatic heterocycles. The molecule has 1 heterocycles. The second kappa shape index (κ2) is 3.41. The molecule has 1 aromatic carbocycles. The highest BCUT2D eigenvalue weighted by molar-refractivity contribution is 5.52. The SMILES string of the molecule is Cn1ncc([NH-])c1Oc1ccccc1. The van der Waals surface area contributed by atoms with Gasteiger partial charge in [0.05, 0.1) is 0 Å². The van der Waals surface area contributed by atoms with E-state index in [9.17, 15) is 0 Å². The van der Waals surface area contributed by atoms with Crippen LogP contribution < -0.4 is 4.74 Å². The first-order valence-electron chi connectivity index (χ1n) is 4.24. The number of ether oxygens (including phenoxy) is 1. The van der Waals surface area contributed by atoms with E-state index in [2.05, 4.69) is 5.10 Å². The lowest BCUT2D eigenvalue weighted by Crippen LogP contribution is -1.94. The fourth-order valence-corrected chi connectivity index (χ4v) is 1.15. The normalized spacial score (nSPS) is 10.1. The molecular weight excluding hydrogens is 178 g/mol. The number of nitrogens with one attached hydrogen (secondary N) is 1. The Morgan fingerprint density at radius 2 is 2.00 bits per heavy atom. The zero-order valence-corrected chi connectivity index (χ0v) is 7.77. The van der Waals surface area contributed by atoms with Crippen molar-refractivity contribution in [3.05, 3.63) is 42.3 Å². The molecule has 2 rings (SSSR count). The highest BCUT2D eigenvalue weighted by Crippen LogP contribution is 2.29. The van der Waals surface area contributed by atoms with Crippen LogP contribution in [0.3, 0.4) is 0 Å². The van der Waals surface area contributed by atoms with Gasteiger partial charge in [0.1, 0.15) is 5.75 Å². The van der Waals surface area contributed by atoms with Gasteiger partial charge in [0.2, 0.25) is 5.88 Å². The number of hydrogen-bond donors (Lipinski definition) is 0. The van der Waals surface area contributed by atoms with Crippen molar-refractivity contribution in [3.8, 4) is 11.6 Å². The largest absolute Gasteiger partial charge is 0.693 e. The maximum atomic E-state index is 7.53. The Hall–Kier alpha value is -1.97. The summed E-state index contributed by atoms with van der Waals surface area (Å²) in [5.74, 6) is 1.17. The summed E-state index contributed by atoms with van der Waals surface area (Å²) in [4.78, 5) is 0. The molecule has 0 amide bonds. The lowest BCUT2D eigenvalue weighted by Gasteiger charge is -2.09. The van der Waals surface area contributed by atoms with Crippen molar-refractivity contribution < 1.29 is 4.74 Å². The molecular formula is C10H10N3O-. The van der Waals surface area contributed by atoms with Crippen LogP contribution in [0.4, 0.5) is 5.69 Å². The third-order valence-electron chi connectivity index (χ3n) is 1.84. The first-order valence-corrected chi connectivity index (χ1v) is 4.24. The molecule has 2 aromatic rings. The molecule has 0 bridgehead atoms. The van der Waals surface area contributed by atoms with Gasteiger partial charge in [0, 0.05) is 13.2 Å². The summed E-state index contributed by atoms with van der Waals surface area (Å²) in [6, 6.07) is 9.36. The van der Waals surface area contributed by atoms with E-state index >= 15 is 0 Å². The first-order chi connectivity index (χ1) is 6.77. The molecule has 1 N–H and O–H groups in total. The molecule has 0 atom stereocenters. The lowest BCUT2D eigenvalue weighted by atomic mass is 10.3. The molecule has 0 radical (unpaired) electrons. The zero-order chi connectivity index (χ0) is 9.97. The van der Waals surface area contributed by atoms with Crippen molar-refractivity contribution in [1.29, 1.82) is 0 Å². The molecule has 0 spiro atoms. The van der Waals surface area contributed by atoms with E-state index in [1.807, 2.05) is 30.3 Å². The van der Waals surface area contributed by atoms with E-state index < -0.39 is 0 Å². The summed E-state index contributed by atoms with van der Waals surface area (Å²) in [6.45, 7) is 0. The maximum absolute atomic E-state index is 7.53. The molecule has 0 aliphatic carbocycles. The van der Waals surface area contributed by atoms with Crippen molar-refractivity contribution in [2.45, 2.75) is 0 Å². The number of hydrogen-bond acceptors (Lipinski definition) is 2. The van der Waals surface area contributed by atoms with Crippen molar-refractivity contribution >= 4 is 5.69 Å². The van der Waals surface area contributed by atoms with Gasteiger partial charge in [-0.25, -0.2) is 4.68 Å². The molecule has 0 saturated carbocycles. The van der Waals surface area contributed by atoms with Gasteiger partial charge < -0.3 is 10.5 Å². The van der Waals surface area contributed by atoms with Gasteiger partial charge in [-0.05, 0) is 12.1 Å². The van der Waals surface area contributed by atoms with Crippen molar-refractivity contribution in [1.82, 2.24) is 9.78 Å². The second-order valence-corrected chi connectivity index (χ2v) is 2.90. The minimum atomic E-state index is 0.288. The van der Waals surface area contributed by atoms with Crippen LogP contribution >= 0.6 is 0 Å². The fraction of sp³-hybridized carbons (Fsp3) is 0.100. The average Bonchev–Trinajstić information content (AvgIpc) is 2.51. The van der Waals surface area contributed by atoms with Gasteiger partial charge in [-0.3, -0.25) is 0 Å². The van der Waals surface area contributed by atoms with Crippen LogP contribution in [0.5, 0.6) is 11.6 Å². The van der Waals surface area contributed by atoms with Crippen molar-refractivity contribution in [2.75, 3.05) is 0 Å². The number of rotatable bonds is 2. The van der Waals surface area contributed by atoms with Crippen LogP contribution in [-0.4, -0.2) is 9.78 Å². The van der Waals surface area contributed by atoms with Gasteiger partial charge >= 0.3 is 0 Å². The molecule has 0 aliphatic rings. The highest BCUT2D eigenvalue weighted by Gasteiger charge is 2.01. The monoisotopic (exact) mass is 188 g/mol. The molecule has 0 saturated heterocycles. The van der Waals surface area contributed by atoms with E-state index in [1.165, 1.54) is 10.9 Å². The minimum absolute atomic E-state index is 0.288. The number of aryl methyl sites for hydroxylation is 1. The third-order valence-corrected chi connectivity index (χ3v) is 1.84. The van der Waals surface area contributed by atoms with E-state index in [0.29, 0.717) is 11.6 Å². The van der Waals surface area contributed by atoms with Crippen molar-refractivity contribution in [3.63, 3.8) is 0 Å². The lowest BCUT2D eigenvalue weighted by molar-refractivity contribution is 0.433. The summed E-state index contributed by atoms with van der Waals surface area (Å²) < 4.78 is 7.03. The highest BCUT2D eigenvalue weighted by atomic mass is 16.5. The van der Waals surface area contributed by atoms with Crippen LogP contribution in [0.15, 0.2) is 36.5 Å². The van der Waals surface area contributed by atoms with Gasteiger partial charge in [-0.15, -0.1) is 0 Å². The molecule has 4 nitrogen and oxygen atoms in total. The van der Waals surface area contributed by atoms with Crippen LogP contribution in [0.2, 0.25) is 0 Å². The Morgan fingerprint density at radius 1 is 1.29 bits per heavy atom. The summed E-state index contributed by atoms with van der Waals surface area (Å²) >= 11 is 0. The Bertz CT molecular complexity index is 403. The standard InChI is InChI=1S/C10H10N3O/c1-13-10(9(11)7-12-13)14-8-5-3-2-4-6-8/h2-7,11H,1H3/q-1. The Labute approximate surface area is 81.9 Å². The van der Waals surface area contributed by atoms with Crippen LogP contribution in [0.25, 0.3) is 5.73 Å². The van der Waals surface area contributed by atoms with E-state index in [1.54, 1.807) is 7.05 Å².